The Bertz CT molecular complexity index is 1750. The standard InChI is InChI=1S/C35H38F3N3O5.Ac/c1-17-11-21-13-25-34(44)41-24(29(40(25)4)27(21)31(43)18(17)2)14-23-28(33-32(45-16-46-33)19(3)30(23)42)26(41)15-39-10-6-8-20-7-5-9-22(12-20)35(36,37)38;/h5-9,11-12,24-26,29,34,39,42-44H,10,13-16H2,1-4H3;/b8-6+;/t24?,25-,26-,29-,34?;/m0./s1. The van der Waals surface area contributed by atoms with Crippen LogP contribution in [0.4, 0.5) is 13.2 Å². The Morgan fingerprint density at radius 1 is 0.979 bits per heavy atom. The number of aliphatic hydroxyl groups is 1. The average molecular weight is 865 g/mol. The molecule has 5 atom stereocenters. The van der Waals surface area contributed by atoms with Crippen molar-refractivity contribution in [2.45, 2.75) is 70.2 Å². The van der Waals surface area contributed by atoms with E-state index in [0.29, 0.717) is 48.6 Å². The van der Waals surface area contributed by atoms with E-state index in [9.17, 15) is 28.5 Å². The zero-order chi connectivity index (χ0) is 32.7. The van der Waals surface area contributed by atoms with Crippen LogP contribution in [-0.2, 0) is 19.0 Å². The van der Waals surface area contributed by atoms with Gasteiger partial charge in [0, 0.05) is 85.4 Å². The van der Waals surface area contributed by atoms with Gasteiger partial charge in [0.15, 0.2) is 11.5 Å². The summed E-state index contributed by atoms with van der Waals surface area (Å²) < 4.78 is 51.3. The van der Waals surface area contributed by atoms with Gasteiger partial charge in [-0.15, -0.1) is 0 Å². The van der Waals surface area contributed by atoms with Gasteiger partial charge in [-0.3, -0.25) is 9.80 Å². The van der Waals surface area contributed by atoms with E-state index in [-0.39, 0.29) is 80.5 Å². The summed E-state index contributed by atoms with van der Waals surface area (Å²) >= 11 is 0. The van der Waals surface area contributed by atoms with Crippen LogP contribution in [0.2, 0.25) is 0 Å². The summed E-state index contributed by atoms with van der Waals surface area (Å²) in [5, 5.41) is 38.5. The molecule has 2 unspecified atom stereocenters. The van der Waals surface area contributed by atoms with Crippen LogP contribution >= 0.6 is 0 Å². The molecule has 3 aromatic carbocycles. The van der Waals surface area contributed by atoms with Crippen molar-refractivity contribution in [2.24, 2.45) is 0 Å². The van der Waals surface area contributed by atoms with E-state index in [2.05, 4.69) is 21.2 Å². The number of ether oxygens (including phenoxy) is 2. The van der Waals surface area contributed by atoms with E-state index >= 15 is 0 Å². The SMILES string of the molecule is Cc1cc2c(c(O)c1C)[C@@H]1C3Cc4c(O)c(C)c5c(c4[C@H](CNC/C=C/c4cccc(C(F)(F)F)c4)N3C(O)[C@H](C2)N1C)OCO5.[Ac]. The summed E-state index contributed by atoms with van der Waals surface area (Å²) in [7, 11) is 1.99. The molecule has 4 N–H and O–H groups in total. The average Bonchev–Trinajstić information content (AvgIpc) is 3.51. The largest absolute Gasteiger partial charge is 0.507 e. The molecule has 12 heteroatoms. The number of hydrogen-bond donors (Lipinski definition) is 4. The maximum atomic E-state index is 13.2. The van der Waals surface area contributed by atoms with Crippen molar-refractivity contribution < 1.29 is 82.0 Å². The third-order valence-electron chi connectivity index (χ3n) is 10.4. The van der Waals surface area contributed by atoms with Crippen molar-refractivity contribution in [1.29, 1.82) is 0 Å². The molecule has 1 radical (unpaired) electrons. The van der Waals surface area contributed by atoms with Crippen molar-refractivity contribution in [2.75, 3.05) is 26.9 Å². The summed E-state index contributed by atoms with van der Waals surface area (Å²) in [6, 6.07) is 6.04. The summed E-state index contributed by atoms with van der Waals surface area (Å²) in [5.41, 5.74) is 5.53. The molecule has 0 saturated carbocycles. The van der Waals surface area contributed by atoms with Gasteiger partial charge in [0.05, 0.1) is 23.7 Å². The van der Waals surface area contributed by atoms with Crippen LogP contribution in [0.15, 0.2) is 36.4 Å². The third-order valence-corrected chi connectivity index (χ3v) is 10.4. The Hall–Kier alpha value is -2.33. The minimum Gasteiger partial charge on any atom is -0.507 e. The minimum absolute atomic E-state index is 0. The van der Waals surface area contributed by atoms with Crippen LogP contribution in [0.25, 0.3) is 6.08 Å². The number of nitrogens with one attached hydrogen (secondary N) is 1. The summed E-state index contributed by atoms with van der Waals surface area (Å²) in [6.45, 7) is 6.41. The molecule has 0 amide bonds. The summed E-state index contributed by atoms with van der Waals surface area (Å²) in [6.07, 6.45) is -0.908. The van der Waals surface area contributed by atoms with E-state index in [4.69, 9.17) is 9.47 Å². The second kappa shape index (κ2) is 12.8. The van der Waals surface area contributed by atoms with Crippen molar-refractivity contribution in [3.8, 4) is 23.0 Å². The molecule has 2 bridgehead atoms. The number of rotatable bonds is 5. The fourth-order valence-electron chi connectivity index (χ4n) is 8.03. The van der Waals surface area contributed by atoms with E-state index < -0.39 is 24.0 Å². The Morgan fingerprint density at radius 3 is 2.47 bits per heavy atom. The van der Waals surface area contributed by atoms with Crippen LogP contribution < -0.4 is 14.8 Å². The molecule has 4 aliphatic heterocycles. The maximum Gasteiger partial charge on any atom is 0.416 e. The molecule has 7 rings (SSSR count). The number of benzene rings is 3. The van der Waals surface area contributed by atoms with Gasteiger partial charge in [-0.1, -0.05) is 30.4 Å². The number of phenols is 2. The van der Waals surface area contributed by atoms with Crippen LogP contribution in [0.5, 0.6) is 23.0 Å². The first kappa shape index (κ1) is 34.5. The first-order valence-electron chi connectivity index (χ1n) is 15.6. The predicted molar refractivity (Wildman–Crippen MR) is 166 cm³/mol. The number of likely N-dealkylation sites (N-methyl/N-ethyl adjacent to an activating group) is 1. The van der Waals surface area contributed by atoms with Gasteiger partial charge in [0.25, 0.3) is 0 Å². The Kier molecular flexibility index (Phi) is 9.44. The van der Waals surface area contributed by atoms with Crippen molar-refractivity contribution in [1.82, 2.24) is 15.1 Å². The van der Waals surface area contributed by atoms with Crippen molar-refractivity contribution in [3.63, 3.8) is 0 Å². The second-order valence-electron chi connectivity index (χ2n) is 12.9. The quantitative estimate of drug-likeness (QED) is 0.258. The van der Waals surface area contributed by atoms with Gasteiger partial charge in [-0.25, -0.2) is 0 Å². The van der Waals surface area contributed by atoms with Gasteiger partial charge < -0.3 is 30.1 Å². The number of phenolic OH excluding ortho intramolecular Hbond substituents is 2. The maximum absolute atomic E-state index is 13.2. The topological polar surface area (TPSA) is 97.7 Å². The fraction of sp³-hybridized carbons (Fsp3) is 0.429. The van der Waals surface area contributed by atoms with Crippen molar-refractivity contribution in [3.05, 3.63) is 86.5 Å². The molecular formula is C35H38AcF3N3O5. The molecule has 0 aromatic heterocycles. The van der Waals surface area contributed by atoms with Crippen molar-refractivity contribution >= 4 is 6.08 Å². The summed E-state index contributed by atoms with van der Waals surface area (Å²) in [4.78, 5) is 4.25. The molecule has 247 valence electrons. The third kappa shape index (κ3) is 5.67. The van der Waals surface area contributed by atoms with Crippen LogP contribution in [-0.4, -0.2) is 70.4 Å². The van der Waals surface area contributed by atoms with Gasteiger partial charge in [-0.2, -0.15) is 13.2 Å². The molecule has 4 aliphatic rings. The number of alkyl halides is 3. The molecule has 1 saturated heterocycles. The number of aryl methyl sites for hydroxylation is 1. The first-order valence-corrected chi connectivity index (χ1v) is 15.6. The zero-order valence-electron chi connectivity index (χ0n) is 26.7. The number of fused-ring (bicyclic) bond motifs is 9. The molecule has 0 aliphatic carbocycles. The normalized spacial score (nSPS) is 24.9. The van der Waals surface area contributed by atoms with Crippen LogP contribution in [0, 0.1) is 64.8 Å². The molecule has 8 nitrogen and oxygen atoms in total. The number of halogens is 3. The molecule has 4 heterocycles. The smallest absolute Gasteiger partial charge is 0.416 e. The molecule has 1 fully saturated rings. The van der Waals surface area contributed by atoms with Gasteiger partial charge >= 0.3 is 6.18 Å². The number of hydrogen-bond acceptors (Lipinski definition) is 8. The summed E-state index contributed by atoms with van der Waals surface area (Å²) in [5.74, 6) is 1.45. The molecule has 0 spiro atoms. The van der Waals surface area contributed by atoms with E-state index in [1.807, 2.05) is 20.9 Å². The number of aromatic hydroxyl groups is 2. The Morgan fingerprint density at radius 2 is 1.72 bits per heavy atom. The van der Waals surface area contributed by atoms with E-state index in [1.165, 1.54) is 6.07 Å². The Balaban J connectivity index is 0.00000386. The molecule has 3 aromatic rings. The second-order valence-corrected chi connectivity index (χ2v) is 12.9. The predicted octanol–water partition coefficient (Wildman–Crippen LogP) is 5.27. The van der Waals surface area contributed by atoms with E-state index in [0.717, 1.165) is 45.5 Å². The zero-order valence-corrected chi connectivity index (χ0v) is 31.5. The van der Waals surface area contributed by atoms with Crippen LogP contribution in [0.3, 0.4) is 0 Å². The monoisotopic (exact) mass is 864 g/mol. The molecular weight excluding hydrogens is 826 g/mol. The number of nitrogens with zero attached hydrogens (tertiary/aromatic N) is 2. The Labute approximate surface area is 307 Å². The fourth-order valence-corrected chi connectivity index (χ4v) is 8.03. The first-order chi connectivity index (χ1) is 21.9. The van der Waals surface area contributed by atoms with E-state index in [1.54, 1.807) is 25.1 Å². The molecule has 47 heavy (non-hydrogen) atoms. The van der Waals surface area contributed by atoms with Gasteiger partial charge in [0.2, 0.25) is 6.79 Å². The number of aliphatic hydroxyl groups excluding tert-OH is 1. The minimum atomic E-state index is -4.42. The van der Waals surface area contributed by atoms with Gasteiger partial charge in [0.1, 0.15) is 17.7 Å². The van der Waals surface area contributed by atoms with Gasteiger partial charge in [-0.05, 0) is 75.0 Å². The van der Waals surface area contributed by atoms with Crippen LogP contribution in [0.1, 0.15) is 62.2 Å². The number of piperazine rings is 1.